The molecule has 6 heteroatoms. The highest BCUT2D eigenvalue weighted by molar-refractivity contribution is 5.71. The van der Waals surface area contributed by atoms with E-state index in [0.717, 1.165) is 154 Å². The Kier molecular flexibility index (Phi) is 53.5. The minimum atomic E-state index is -0.797. The summed E-state index contributed by atoms with van der Waals surface area (Å²) in [4.78, 5) is 37.9. The van der Waals surface area contributed by atoms with Crippen LogP contribution in [-0.4, -0.2) is 37.2 Å². The van der Waals surface area contributed by atoms with Gasteiger partial charge in [0.15, 0.2) is 6.10 Å². The molecule has 394 valence electrons. The summed E-state index contributed by atoms with van der Waals surface area (Å²) in [5.41, 5.74) is 0. The molecule has 0 saturated heterocycles. The van der Waals surface area contributed by atoms with Crippen LogP contribution >= 0.6 is 0 Å². The molecular formula is C64H102O6. The second-order valence-electron chi connectivity index (χ2n) is 18.1. The predicted molar refractivity (Wildman–Crippen MR) is 302 cm³/mol. The maximum absolute atomic E-state index is 12.8. The lowest BCUT2D eigenvalue weighted by Crippen LogP contribution is -2.30. The third-order valence-corrected chi connectivity index (χ3v) is 11.4. The maximum atomic E-state index is 12.8. The number of ether oxygens (including phenoxy) is 3. The van der Waals surface area contributed by atoms with E-state index in [4.69, 9.17) is 14.2 Å². The molecule has 6 nitrogen and oxygen atoms in total. The third kappa shape index (κ3) is 54.5. The van der Waals surface area contributed by atoms with Crippen molar-refractivity contribution in [3.05, 3.63) is 134 Å². The summed E-state index contributed by atoms with van der Waals surface area (Å²) in [6, 6.07) is 0. The monoisotopic (exact) mass is 967 g/mol. The van der Waals surface area contributed by atoms with Gasteiger partial charge in [-0.05, 0) is 116 Å². The van der Waals surface area contributed by atoms with E-state index in [-0.39, 0.29) is 31.1 Å². The second kappa shape index (κ2) is 57.1. The molecule has 0 aromatic rings. The summed E-state index contributed by atoms with van der Waals surface area (Å²) in [6.45, 7) is 6.31. The summed E-state index contributed by atoms with van der Waals surface area (Å²) in [5, 5.41) is 0. The topological polar surface area (TPSA) is 78.9 Å². The molecule has 70 heavy (non-hydrogen) atoms. The Hall–Kier alpha value is -4.45. The summed E-state index contributed by atoms with van der Waals surface area (Å²) in [7, 11) is 0. The molecule has 0 aromatic heterocycles. The van der Waals surface area contributed by atoms with Crippen molar-refractivity contribution in [1.29, 1.82) is 0 Å². The van der Waals surface area contributed by atoms with Gasteiger partial charge in [0.2, 0.25) is 0 Å². The van der Waals surface area contributed by atoms with E-state index in [2.05, 4.69) is 154 Å². The number of hydrogen-bond donors (Lipinski definition) is 0. The first-order chi connectivity index (χ1) is 34.5. The van der Waals surface area contributed by atoms with Gasteiger partial charge in [-0.3, -0.25) is 14.4 Å². The van der Waals surface area contributed by atoms with Gasteiger partial charge in [0.05, 0.1) is 0 Å². The van der Waals surface area contributed by atoms with Gasteiger partial charge in [0.25, 0.3) is 0 Å². The summed E-state index contributed by atoms with van der Waals surface area (Å²) in [6.07, 6.45) is 80.4. The van der Waals surface area contributed by atoms with Crippen LogP contribution in [0.2, 0.25) is 0 Å². The highest BCUT2D eigenvalue weighted by atomic mass is 16.6. The van der Waals surface area contributed by atoms with E-state index in [9.17, 15) is 14.4 Å². The fraction of sp³-hybridized carbons (Fsp3) is 0.609. The first-order valence-electron chi connectivity index (χ1n) is 28.2. The average molecular weight is 968 g/mol. The molecule has 0 radical (unpaired) electrons. The number of hydrogen-bond acceptors (Lipinski definition) is 6. The summed E-state index contributed by atoms with van der Waals surface area (Å²) >= 11 is 0. The van der Waals surface area contributed by atoms with E-state index in [0.29, 0.717) is 19.3 Å². The molecule has 0 rings (SSSR count). The van der Waals surface area contributed by atoms with Crippen molar-refractivity contribution in [2.45, 2.75) is 239 Å². The summed E-state index contributed by atoms with van der Waals surface area (Å²) in [5.74, 6) is -0.948. The highest BCUT2D eigenvalue weighted by Gasteiger charge is 2.19. The van der Waals surface area contributed by atoms with Crippen molar-refractivity contribution in [3.63, 3.8) is 0 Å². The number of esters is 3. The fourth-order valence-corrected chi connectivity index (χ4v) is 7.24. The SMILES string of the molecule is CC/C=C\C/C=C\C/C=C\C/C=C\C/C=C\C/C=C\CCCCCCC(=O)OCC(COC(=O)CCCCCCCC)OC(=O)CCCCCCCCC/C=C\C/C=C\C/C=C\C/C=C\C/C=C\CC. The molecule has 0 heterocycles. The van der Waals surface area contributed by atoms with Crippen LogP contribution in [0.15, 0.2) is 134 Å². The zero-order chi connectivity index (χ0) is 50.7. The maximum Gasteiger partial charge on any atom is 0.306 e. The Morgan fingerprint density at radius 3 is 0.871 bits per heavy atom. The molecule has 1 unspecified atom stereocenters. The van der Waals surface area contributed by atoms with Crippen LogP contribution in [0.25, 0.3) is 0 Å². The van der Waals surface area contributed by atoms with Crippen LogP contribution in [0.1, 0.15) is 233 Å². The number of rotatable bonds is 49. The van der Waals surface area contributed by atoms with Crippen LogP contribution in [-0.2, 0) is 28.6 Å². The lowest BCUT2D eigenvalue weighted by Gasteiger charge is -2.18. The van der Waals surface area contributed by atoms with Gasteiger partial charge in [-0.2, -0.15) is 0 Å². The molecule has 0 amide bonds. The third-order valence-electron chi connectivity index (χ3n) is 11.4. The molecule has 0 bridgehead atoms. The van der Waals surface area contributed by atoms with Gasteiger partial charge in [-0.25, -0.2) is 0 Å². The van der Waals surface area contributed by atoms with Crippen LogP contribution < -0.4 is 0 Å². The zero-order valence-electron chi connectivity index (χ0n) is 45.0. The number of allylic oxidation sites excluding steroid dienone is 22. The lowest BCUT2D eigenvalue weighted by molar-refractivity contribution is -0.167. The van der Waals surface area contributed by atoms with Crippen LogP contribution in [0, 0.1) is 0 Å². The standard InChI is InChI=1S/C64H102O6/c1-4-7-10-13-16-18-20-22-24-26-28-30-32-34-36-38-40-42-44-46-48-51-54-57-63(66)69-60-61(59-68-62(65)56-53-50-15-12-9-6-3)70-64(67)58-55-52-49-47-45-43-41-39-37-35-33-31-29-27-25-23-21-19-17-14-11-8-5-2/h7-8,10-11,16-19,22-25,28-31,34-37,40,42,61H,4-6,9,12-15,20-21,26-27,32-33,38-39,41,43-60H2,1-3H3/b10-7-,11-8-,18-16-,19-17-,24-22-,25-23-,30-28-,31-29-,36-34-,37-35-,42-40-. The zero-order valence-corrected chi connectivity index (χ0v) is 45.0. The minimum absolute atomic E-state index is 0.0953. The quantitative estimate of drug-likeness (QED) is 0.0262. The molecule has 0 saturated carbocycles. The van der Waals surface area contributed by atoms with Gasteiger partial charge in [0.1, 0.15) is 13.2 Å². The molecule has 1 atom stereocenters. The first-order valence-corrected chi connectivity index (χ1v) is 28.2. The summed E-state index contributed by atoms with van der Waals surface area (Å²) < 4.78 is 16.7. The van der Waals surface area contributed by atoms with Crippen molar-refractivity contribution in [3.8, 4) is 0 Å². The fourth-order valence-electron chi connectivity index (χ4n) is 7.24. The first kappa shape index (κ1) is 65.5. The van der Waals surface area contributed by atoms with Gasteiger partial charge >= 0.3 is 17.9 Å². The lowest BCUT2D eigenvalue weighted by atomic mass is 10.1. The molecule has 0 aliphatic rings. The Balaban J connectivity index is 4.28. The molecular weight excluding hydrogens is 865 g/mol. The van der Waals surface area contributed by atoms with E-state index < -0.39 is 6.10 Å². The molecule has 0 aliphatic carbocycles. The Bertz CT molecular complexity index is 1530. The second-order valence-corrected chi connectivity index (χ2v) is 18.1. The molecule has 0 N–H and O–H groups in total. The smallest absolute Gasteiger partial charge is 0.306 e. The van der Waals surface area contributed by atoms with Crippen LogP contribution in [0.5, 0.6) is 0 Å². The highest BCUT2D eigenvalue weighted by Crippen LogP contribution is 2.13. The van der Waals surface area contributed by atoms with E-state index in [1.807, 2.05) is 0 Å². The van der Waals surface area contributed by atoms with Crippen molar-refractivity contribution in [1.82, 2.24) is 0 Å². The minimum Gasteiger partial charge on any atom is -0.462 e. The van der Waals surface area contributed by atoms with Gasteiger partial charge < -0.3 is 14.2 Å². The van der Waals surface area contributed by atoms with Crippen molar-refractivity contribution in [2.75, 3.05) is 13.2 Å². The van der Waals surface area contributed by atoms with Crippen molar-refractivity contribution in [2.24, 2.45) is 0 Å². The number of unbranched alkanes of at least 4 members (excludes halogenated alkanes) is 16. The Morgan fingerprint density at radius 1 is 0.300 bits per heavy atom. The van der Waals surface area contributed by atoms with Gasteiger partial charge in [-0.1, -0.05) is 231 Å². The molecule has 0 spiro atoms. The van der Waals surface area contributed by atoms with E-state index >= 15 is 0 Å². The molecule has 0 aromatic carbocycles. The van der Waals surface area contributed by atoms with Crippen molar-refractivity contribution < 1.29 is 28.6 Å². The normalized spacial score (nSPS) is 13.1. The molecule has 0 aliphatic heterocycles. The van der Waals surface area contributed by atoms with Gasteiger partial charge in [-0.15, -0.1) is 0 Å². The van der Waals surface area contributed by atoms with Crippen LogP contribution in [0.3, 0.4) is 0 Å². The number of carbonyl (C=O) groups is 3. The van der Waals surface area contributed by atoms with E-state index in [1.54, 1.807) is 0 Å². The predicted octanol–water partition coefficient (Wildman–Crippen LogP) is 19.0. The Labute approximate surface area is 430 Å². The van der Waals surface area contributed by atoms with Crippen LogP contribution in [0.4, 0.5) is 0 Å². The average Bonchev–Trinajstić information content (AvgIpc) is 3.36. The Morgan fingerprint density at radius 2 is 0.557 bits per heavy atom. The van der Waals surface area contributed by atoms with Crippen molar-refractivity contribution >= 4 is 17.9 Å². The van der Waals surface area contributed by atoms with Gasteiger partial charge in [0, 0.05) is 19.3 Å². The number of carbonyl (C=O) groups excluding carboxylic acids is 3. The molecule has 0 fully saturated rings. The van der Waals surface area contributed by atoms with E-state index in [1.165, 1.54) is 38.5 Å². The largest absolute Gasteiger partial charge is 0.462 e.